The second-order valence-corrected chi connectivity index (χ2v) is 6.31. The van der Waals surface area contributed by atoms with Gasteiger partial charge in [-0.25, -0.2) is 4.79 Å². The van der Waals surface area contributed by atoms with Gasteiger partial charge in [-0.3, -0.25) is 4.98 Å². The predicted octanol–water partition coefficient (Wildman–Crippen LogP) is 2.78. The maximum absolute atomic E-state index is 11.5. The molecule has 0 amide bonds. The van der Waals surface area contributed by atoms with E-state index in [1.165, 1.54) is 0 Å². The number of likely N-dealkylation sites (N-methyl/N-ethyl adjacent to an activating group) is 1. The number of nitrogens with one attached hydrogen (secondary N) is 1. The van der Waals surface area contributed by atoms with Crippen LogP contribution in [0.2, 0.25) is 0 Å². The second-order valence-electron chi connectivity index (χ2n) is 6.31. The highest BCUT2D eigenvalue weighted by atomic mass is 16.4. The largest absolute Gasteiger partial charge is 0.478 e. The molecule has 0 aromatic carbocycles. The first kappa shape index (κ1) is 17.4. The maximum Gasteiger partial charge on any atom is 0.339 e. The molecule has 1 heterocycles. The fraction of sp³-hybridized carbons (Fsp3) is 0.625. The Morgan fingerprint density at radius 3 is 2.48 bits per heavy atom. The number of carbonyl (C=O) groups is 1. The molecule has 0 saturated carbocycles. The number of rotatable bonds is 7. The third kappa shape index (κ3) is 5.34. The van der Waals surface area contributed by atoms with Crippen molar-refractivity contribution in [3.8, 4) is 0 Å². The van der Waals surface area contributed by atoms with E-state index in [1.807, 2.05) is 27.1 Å². The van der Waals surface area contributed by atoms with E-state index in [4.69, 9.17) is 0 Å². The molecule has 5 nitrogen and oxygen atoms in total. The van der Waals surface area contributed by atoms with Crippen LogP contribution < -0.4 is 5.32 Å². The summed E-state index contributed by atoms with van der Waals surface area (Å²) in [7, 11) is 4.05. The third-order valence-electron chi connectivity index (χ3n) is 3.24. The number of hydrogen-bond donors (Lipinski definition) is 2. The molecular weight excluding hydrogens is 266 g/mol. The number of carboxylic acid groups (broad SMARTS) is 1. The monoisotopic (exact) mass is 293 g/mol. The van der Waals surface area contributed by atoms with E-state index in [1.54, 1.807) is 6.92 Å². The van der Waals surface area contributed by atoms with Gasteiger partial charge in [0.15, 0.2) is 0 Å². The SMILES string of the molecule is Cc1cc(NC(CC(C)C)CN(C)C)c(C(=O)O)c(C)n1. The van der Waals surface area contributed by atoms with Crippen molar-refractivity contribution in [2.24, 2.45) is 5.92 Å². The lowest BCUT2D eigenvalue weighted by molar-refractivity contribution is 0.0696. The van der Waals surface area contributed by atoms with Crippen molar-refractivity contribution in [1.29, 1.82) is 0 Å². The zero-order valence-electron chi connectivity index (χ0n) is 13.9. The minimum Gasteiger partial charge on any atom is -0.478 e. The molecule has 0 bridgehead atoms. The van der Waals surface area contributed by atoms with Crippen LogP contribution in [0.1, 0.15) is 42.0 Å². The summed E-state index contributed by atoms with van der Waals surface area (Å²) in [6.07, 6.45) is 0.984. The summed E-state index contributed by atoms with van der Waals surface area (Å²) >= 11 is 0. The van der Waals surface area contributed by atoms with E-state index in [0.29, 0.717) is 17.3 Å². The molecule has 0 aliphatic carbocycles. The Morgan fingerprint density at radius 2 is 2.00 bits per heavy atom. The van der Waals surface area contributed by atoms with Gasteiger partial charge in [-0.2, -0.15) is 0 Å². The Balaban J connectivity index is 3.09. The summed E-state index contributed by atoms with van der Waals surface area (Å²) in [6, 6.07) is 2.03. The summed E-state index contributed by atoms with van der Waals surface area (Å²) in [5.74, 6) is -0.393. The fourth-order valence-electron chi connectivity index (χ4n) is 2.62. The molecule has 0 saturated heterocycles. The zero-order valence-corrected chi connectivity index (χ0v) is 13.9. The molecular formula is C16H27N3O2. The molecule has 1 rings (SSSR count). The lowest BCUT2D eigenvalue weighted by Crippen LogP contribution is -2.34. The first-order valence-electron chi connectivity index (χ1n) is 7.33. The fourth-order valence-corrected chi connectivity index (χ4v) is 2.62. The number of aromatic nitrogens is 1. The van der Waals surface area contributed by atoms with E-state index in [0.717, 1.165) is 18.7 Å². The number of pyridine rings is 1. The Kier molecular flexibility index (Phi) is 6.15. The minimum atomic E-state index is -0.935. The van der Waals surface area contributed by atoms with E-state index >= 15 is 0 Å². The number of aryl methyl sites for hydroxylation is 2. The molecule has 0 aliphatic heterocycles. The summed E-state index contributed by atoms with van der Waals surface area (Å²) in [5.41, 5.74) is 2.32. The molecule has 0 aliphatic rings. The highest BCUT2D eigenvalue weighted by molar-refractivity contribution is 5.95. The van der Waals surface area contributed by atoms with Crippen LogP contribution in [0.25, 0.3) is 0 Å². The van der Waals surface area contributed by atoms with Crippen LogP contribution in [-0.2, 0) is 0 Å². The number of aromatic carboxylic acids is 1. The van der Waals surface area contributed by atoms with Crippen LogP contribution in [0.4, 0.5) is 5.69 Å². The standard InChI is InChI=1S/C16H27N3O2/c1-10(2)7-13(9-19(5)6)18-14-8-11(3)17-12(4)15(14)16(20)21/h8,10,13H,7,9H2,1-6H3,(H,17,18)(H,20,21). The van der Waals surface area contributed by atoms with Crippen molar-refractivity contribution in [3.05, 3.63) is 23.0 Å². The number of nitrogens with zero attached hydrogens (tertiary/aromatic N) is 2. The lowest BCUT2D eigenvalue weighted by atomic mass is 10.0. The molecule has 1 unspecified atom stereocenters. The number of anilines is 1. The summed E-state index contributed by atoms with van der Waals surface area (Å²) < 4.78 is 0. The summed E-state index contributed by atoms with van der Waals surface area (Å²) in [4.78, 5) is 17.9. The summed E-state index contributed by atoms with van der Waals surface area (Å²) in [6.45, 7) is 8.83. The first-order chi connectivity index (χ1) is 9.70. The van der Waals surface area contributed by atoms with Gasteiger partial charge >= 0.3 is 5.97 Å². The average molecular weight is 293 g/mol. The van der Waals surface area contributed by atoms with E-state index < -0.39 is 5.97 Å². The maximum atomic E-state index is 11.5. The highest BCUT2D eigenvalue weighted by Crippen LogP contribution is 2.22. The Bertz CT molecular complexity index is 489. The highest BCUT2D eigenvalue weighted by Gasteiger charge is 2.19. The molecule has 0 spiro atoms. The van der Waals surface area contributed by atoms with Gasteiger partial charge in [-0.1, -0.05) is 13.8 Å². The smallest absolute Gasteiger partial charge is 0.339 e. The predicted molar refractivity (Wildman–Crippen MR) is 86.1 cm³/mol. The summed E-state index contributed by atoms with van der Waals surface area (Å²) in [5, 5.41) is 12.8. The molecule has 5 heteroatoms. The molecule has 118 valence electrons. The van der Waals surface area contributed by atoms with Gasteiger partial charge in [0, 0.05) is 18.3 Å². The molecule has 21 heavy (non-hydrogen) atoms. The van der Waals surface area contributed by atoms with Gasteiger partial charge in [-0.05, 0) is 46.3 Å². The van der Waals surface area contributed by atoms with Crippen LogP contribution in [0.15, 0.2) is 6.07 Å². The Labute approximate surface area is 127 Å². The van der Waals surface area contributed by atoms with Crippen LogP contribution in [0.5, 0.6) is 0 Å². The Hall–Kier alpha value is -1.62. The topological polar surface area (TPSA) is 65.5 Å². The minimum absolute atomic E-state index is 0.208. The van der Waals surface area contributed by atoms with Crippen molar-refractivity contribution in [3.63, 3.8) is 0 Å². The van der Waals surface area contributed by atoms with Crippen molar-refractivity contribution < 1.29 is 9.90 Å². The molecule has 1 aromatic heterocycles. The first-order valence-corrected chi connectivity index (χ1v) is 7.33. The van der Waals surface area contributed by atoms with Gasteiger partial charge in [-0.15, -0.1) is 0 Å². The third-order valence-corrected chi connectivity index (χ3v) is 3.24. The number of hydrogen-bond acceptors (Lipinski definition) is 4. The van der Waals surface area contributed by atoms with Crippen molar-refractivity contribution >= 4 is 11.7 Å². The van der Waals surface area contributed by atoms with E-state index in [2.05, 4.69) is 29.0 Å². The molecule has 1 aromatic rings. The van der Waals surface area contributed by atoms with Crippen LogP contribution in [0, 0.1) is 19.8 Å². The van der Waals surface area contributed by atoms with Gasteiger partial charge in [0.2, 0.25) is 0 Å². The normalized spacial score (nSPS) is 12.8. The lowest BCUT2D eigenvalue weighted by Gasteiger charge is -2.26. The van der Waals surface area contributed by atoms with Crippen molar-refractivity contribution in [2.75, 3.05) is 26.0 Å². The van der Waals surface area contributed by atoms with E-state index in [9.17, 15) is 9.90 Å². The molecule has 0 radical (unpaired) electrons. The van der Waals surface area contributed by atoms with Crippen LogP contribution in [-0.4, -0.2) is 47.6 Å². The average Bonchev–Trinajstić information content (AvgIpc) is 2.24. The Morgan fingerprint density at radius 1 is 1.38 bits per heavy atom. The van der Waals surface area contributed by atoms with Gasteiger partial charge in [0.05, 0.1) is 11.4 Å². The van der Waals surface area contributed by atoms with Gasteiger partial charge in [0.1, 0.15) is 5.56 Å². The molecule has 0 fully saturated rings. The van der Waals surface area contributed by atoms with Gasteiger partial charge < -0.3 is 15.3 Å². The van der Waals surface area contributed by atoms with E-state index in [-0.39, 0.29) is 11.6 Å². The quantitative estimate of drug-likeness (QED) is 0.809. The number of carboxylic acids is 1. The second kappa shape index (κ2) is 7.41. The van der Waals surface area contributed by atoms with Crippen LogP contribution >= 0.6 is 0 Å². The van der Waals surface area contributed by atoms with Crippen molar-refractivity contribution in [1.82, 2.24) is 9.88 Å². The zero-order chi connectivity index (χ0) is 16.2. The van der Waals surface area contributed by atoms with Crippen LogP contribution in [0.3, 0.4) is 0 Å². The van der Waals surface area contributed by atoms with Crippen molar-refractivity contribution in [2.45, 2.75) is 40.2 Å². The van der Waals surface area contributed by atoms with Gasteiger partial charge in [0.25, 0.3) is 0 Å². The molecule has 1 atom stereocenters. The molecule has 2 N–H and O–H groups in total.